The van der Waals surface area contributed by atoms with Gasteiger partial charge in [-0.2, -0.15) is 0 Å². The van der Waals surface area contributed by atoms with Crippen molar-refractivity contribution in [1.82, 2.24) is 15.0 Å². The minimum atomic E-state index is 0.582. The summed E-state index contributed by atoms with van der Waals surface area (Å²) in [6, 6.07) is 4.12. The highest BCUT2D eigenvalue weighted by Gasteiger charge is 2.09. The number of aromatic nitrogens is 3. The first-order valence-electron chi connectivity index (χ1n) is 4.96. The van der Waals surface area contributed by atoms with E-state index in [1.54, 1.807) is 23.7 Å². The molecule has 0 aliphatic heterocycles. The highest BCUT2D eigenvalue weighted by Crippen LogP contribution is 2.31. The number of H-pyrrole nitrogens is 1. The summed E-state index contributed by atoms with van der Waals surface area (Å²) in [5, 5.41) is 0. The van der Waals surface area contributed by atoms with Gasteiger partial charge in [-0.25, -0.2) is 4.98 Å². The van der Waals surface area contributed by atoms with Crippen LogP contribution >= 0.6 is 11.3 Å². The van der Waals surface area contributed by atoms with E-state index < -0.39 is 0 Å². The second-order valence-corrected chi connectivity index (χ2v) is 4.59. The molecular formula is C11H10N4S. The van der Waals surface area contributed by atoms with E-state index in [1.165, 1.54) is 9.75 Å². The van der Waals surface area contributed by atoms with E-state index >= 15 is 0 Å². The fourth-order valence-electron chi connectivity index (χ4n) is 1.67. The molecule has 3 rings (SSSR count). The smallest absolute Gasteiger partial charge is 0.156 e. The zero-order valence-corrected chi connectivity index (χ0v) is 9.29. The summed E-state index contributed by atoms with van der Waals surface area (Å²) < 4.78 is 0. The summed E-state index contributed by atoms with van der Waals surface area (Å²) >= 11 is 1.69. The first kappa shape index (κ1) is 9.50. The van der Waals surface area contributed by atoms with Crippen LogP contribution in [0.3, 0.4) is 0 Å². The molecule has 0 amide bonds. The number of hydrogen-bond acceptors (Lipinski definition) is 4. The van der Waals surface area contributed by atoms with E-state index in [1.807, 2.05) is 6.20 Å². The van der Waals surface area contributed by atoms with Crippen molar-refractivity contribution in [3.05, 3.63) is 35.6 Å². The third-order valence-corrected chi connectivity index (χ3v) is 3.58. The Balaban J connectivity index is 2.18. The summed E-state index contributed by atoms with van der Waals surface area (Å²) in [5.74, 6) is 0. The maximum Gasteiger partial charge on any atom is 0.156 e. The normalized spacial score (nSPS) is 11.1. The lowest BCUT2D eigenvalue weighted by atomic mass is 10.2. The Hall–Kier alpha value is -1.72. The Bertz CT molecular complexity index is 625. The molecule has 80 valence electrons. The monoisotopic (exact) mass is 230 g/mol. The lowest BCUT2D eigenvalue weighted by Gasteiger charge is -1.92. The van der Waals surface area contributed by atoms with Gasteiger partial charge in [0.2, 0.25) is 0 Å². The standard InChI is InChI=1S/C11H10N4S/c12-5-7-1-2-9(16-7)8-6-15-11-10(8)13-3-4-14-11/h1-4,6H,5,12H2,(H,14,15). The first-order chi connectivity index (χ1) is 7.88. The van der Waals surface area contributed by atoms with Crippen molar-refractivity contribution in [2.75, 3.05) is 0 Å². The summed E-state index contributed by atoms with van der Waals surface area (Å²) in [6.45, 7) is 0.582. The Morgan fingerprint density at radius 3 is 2.94 bits per heavy atom. The predicted molar refractivity (Wildman–Crippen MR) is 65.1 cm³/mol. The van der Waals surface area contributed by atoms with E-state index in [4.69, 9.17) is 5.73 Å². The lowest BCUT2D eigenvalue weighted by Crippen LogP contribution is -1.90. The molecule has 0 aromatic carbocycles. The largest absolute Gasteiger partial charge is 0.344 e. The van der Waals surface area contributed by atoms with E-state index in [2.05, 4.69) is 27.1 Å². The maximum atomic E-state index is 5.60. The molecular weight excluding hydrogens is 220 g/mol. The number of aromatic amines is 1. The van der Waals surface area contributed by atoms with E-state index in [0.29, 0.717) is 6.54 Å². The van der Waals surface area contributed by atoms with Crippen molar-refractivity contribution >= 4 is 22.5 Å². The molecule has 0 radical (unpaired) electrons. The first-order valence-corrected chi connectivity index (χ1v) is 5.77. The number of nitrogens with zero attached hydrogens (tertiary/aromatic N) is 2. The summed E-state index contributed by atoms with van der Waals surface area (Å²) in [7, 11) is 0. The molecule has 0 aliphatic rings. The van der Waals surface area contributed by atoms with Gasteiger partial charge in [-0.3, -0.25) is 4.98 Å². The van der Waals surface area contributed by atoms with Gasteiger partial charge in [0.05, 0.1) is 0 Å². The zero-order valence-electron chi connectivity index (χ0n) is 8.47. The molecule has 4 nitrogen and oxygen atoms in total. The second-order valence-electron chi connectivity index (χ2n) is 3.43. The molecule has 5 heteroatoms. The van der Waals surface area contributed by atoms with Crippen LogP contribution in [-0.2, 0) is 6.54 Å². The quantitative estimate of drug-likeness (QED) is 0.708. The van der Waals surface area contributed by atoms with Crippen LogP contribution in [0.15, 0.2) is 30.7 Å². The molecule has 0 aliphatic carbocycles. The second kappa shape index (κ2) is 3.70. The molecule has 0 atom stereocenters. The molecule has 3 N–H and O–H groups in total. The average molecular weight is 230 g/mol. The number of thiophene rings is 1. The molecule has 0 bridgehead atoms. The van der Waals surface area contributed by atoms with E-state index in [0.717, 1.165) is 16.7 Å². The van der Waals surface area contributed by atoms with Crippen molar-refractivity contribution in [1.29, 1.82) is 0 Å². The molecule has 16 heavy (non-hydrogen) atoms. The molecule has 0 fully saturated rings. The summed E-state index contributed by atoms with van der Waals surface area (Å²) in [6.07, 6.45) is 5.33. The van der Waals surface area contributed by atoms with Crippen LogP contribution in [0.5, 0.6) is 0 Å². The van der Waals surface area contributed by atoms with E-state index in [-0.39, 0.29) is 0 Å². The average Bonchev–Trinajstić information content (AvgIpc) is 2.94. The van der Waals surface area contributed by atoms with Crippen LogP contribution < -0.4 is 5.73 Å². The van der Waals surface area contributed by atoms with Crippen molar-refractivity contribution in [2.45, 2.75) is 6.54 Å². The molecule has 3 aromatic heterocycles. The van der Waals surface area contributed by atoms with Gasteiger partial charge in [0, 0.05) is 40.5 Å². The molecule has 0 saturated carbocycles. The Morgan fingerprint density at radius 1 is 1.25 bits per heavy atom. The summed E-state index contributed by atoms with van der Waals surface area (Å²) in [4.78, 5) is 14.0. The Kier molecular flexibility index (Phi) is 2.19. The van der Waals surface area contributed by atoms with Crippen LogP contribution in [0.25, 0.3) is 21.6 Å². The lowest BCUT2D eigenvalue weighted by molar-refractivity contribution is 1.11. The predicted octanol–water partition coefficient (Wildman–Crippen LogP) is 2.15. The topological polar surface area (TPSA) is 67.6 Å². The van der Waals surface area contributed by atoms with Gasteiger partial charge in [0.1, 0.15) is 5.52 Å². The van der Waals surface area contributed by atoms with Gasteiger partial charge < -0.3 is 10.7 Å². The molecule has 3 heterocycles. The van der Waals surface area contributed by atoms with Crippen molar-refractivity contribution in [3.8, 4) is 10.4 Å². The Morgan fingerprint density at radius 2 is 2.12 bits per heavy atom. The maximum absolute atomic E-state index is 5.60. The van der Waals surface area contributed by atoms with Crippen molar-refractivity contribution in [3.63, 3.8) is 0 Å². The highest BCUT2D eigenvalue weighted by molar-refractivity contribution is 7.15. The molecule has 0 spiro atoms. The Labute approximate surface area is 96.2 Å². The summed E-state index contributed by atoms with van der Waals surface area (Å²) in [5.41, 5.74) is 8.42. The third kappa shape index (κ3) is 1.41. The minimum Gasteiger partial charge on any atom is -0.344 e. The molecule has 0 saturated heterocycles. The SMILES string of the molecule is NCc1ccc(-c2c[nH]c3nccnc23)s1. The minimum absolute atomic E-state index is 0.582. The van der Waals surface area contributed by atoms with Crippen LogP contribution in [0.4, 0.5) is 0 Å². The van der Waals surface area contributed by atoms with Crippen molar-refractivity contribution in [2.24, 2.45) is 5.73 Å². The van der Waals surface area contributed by atoms with Gasteiger partial charge >= 0.3 is 0 Å². The van der Waals surface area contributed by atoms with Crippen molar-refractivity contribution < 1.29 is 0 Å². The highest BCUT2D eigenvalue weighted by atomic mass is 32.1. The molecule has 0 unspecified atom stereocenters. The van der Waals surface area contributed by atoms with Gasteiger partial charge in [-0.15, -0.1) is 11.3 Å². The number of nitrogens with one attached hydrogen (secondary N) is 1. The fraction of sp³-hybridized carbons (Fsp3) is 0.0909. The number of hydrogen-bond donors (Lipinski definition) is 2. The van der Waals surface area contributed by atoms with Crippen LogP contribution in [0, 0.1) is 0 Å². The number of rotatable bonds is 2. The number of nitrogens with two attached hydrogens (primary N) is 1. The van der Waals surface area contributed by atoms with Gasteiger partial charge in [0.25, 0.3) is 0 Å². The third-order valence-electron chi connectivity index (χ3n) is 2.43. The van der Waals surface area contributed by atoms with Crippen LogP contribution in [0.1, 0.15) is 4.88 Å². The van der Waals surface area contributed by atoms with Gasteiger partial charge in [-0.05, 0) is 12.1 Å². The van der Waals surface area contributed by atoms with Crippen LogP contribution in [0.2, 0.25) is 0 Å². The van der Waals surface area contributed by atoms with Crippen LogP contribution in [-0.4, -0.2) is 15.0 Å². The fourth-order valence-corrected chi connectivity index (χ4v) is 2.57. The van der Waals surface area contributed by atoms with Gasteiger partial charge in [0.15, 0.2) is 5.65 Å². The molecule has 3 aromatic rings. The zero-order chi connectivity index (χ0) is 11.0. The van der Waals surface area contributed by atoms with E-state index in [9.17, 15) is 0 Å². The number of fused-ring (bicyclic) bond motifs is 1. The van der Waals surface area contributed by atoms with Gasteiger partial charge in [-0.1, -0.05) is 0 Å².